The highest BCUT2D eigenvalue weighted by Gasteiger charge is 2.53. The van der Waals surface area contributed by atoms with Crippen molar-refractivity contribution in [1.29, 1.82) is 0 Å². The second-order valence-electron chi connectivity index (χ2n) is 7.37. The van der Waals surface area contributed by atoms with Gasteiger partial charge in [-0.05, 0) is 48.6 Å². The molecule has 18 heavy (non-hydrogen) atoms. The van der Waals surface area contributed by atoms with Gasteiger partial charge in [-0.2, -0.15) is 0 Å². The predicted octanol–water partition coefficient (Wildman–Crippen LogP) is 1.25. The van der Waals surface area contributed by atoms with Crippen molar-refractivity contribution in [2.45, 2.75) is 64.4 Å². The van der Waals surface area contributed by atoms with Gasteiger partial charge in [0, 0.05) is 19.0 Å². The molecule has 0 amide bonds. The Morgan fingerprint density at radius 1 is 1.17 bits per heavy atom. The van der Waals surface area contributed by atoms with Crippen LogP contribution >= 0.6 is 0 Å². The van der Waals surface area contributed by atoms with Crippen LogP contribution in [0.2, 0.25) is 0 Å². The van der Waals surface area contributed by atoms with Crippen LogP contribution in [0.3, 0.4) is 0 Å². The lowest BCUT2D eigenvalue weighted by Crippen LogP contribution is -2.45. The monoisotopic (exact) mass is 259 g/mol. The van der Waals surface area contributed by atoms with Gasteiger partial charge in [0.05, 0.1) is 22.9 Å². The zero-order valence-corrected chi connectivity index (χ0v) is 12.8. The van der Waals surface area contributed by atoms with E-state index < -0.39 is 17.3 Å². The molecule has 0 aromatic rings. The van der Waals surface area contributed by atoms with Crippen molar-refractivity contribution in [2.24, 2.45) is 5.92 Å². The lowest BCUT2D eigenvalue weighted by molar-refractivity contribution is -0.0915. The summed E-state index contributed by atoms with van der Waals surface area (Å²) in [5.41, 5.74) is -1.58. The summed E-state index contributed by atoms with van der Waals surface area (Å²) in [7, 11) is 1.96. The first kappa shape index (κ1) is 15.9. The third-order valence-electron chi connectivity index (χ3n) is 3.68. The van der Waals surface area contributed by atoms with Crippen molar-refractivity contribution < 1.29 is 14.9 Å². The van der Waals surface area contributed by atoms with Gasteiger partial charge in [-0.25, -0.2) is 0 Å². The van der Waals surface area contributed by atoms with Crippen LogP contribution in [0.5, 0.6) is 0 Å². The lowest BCUT2D eigenvalue weighted by atomic mass is 9.84. The molecular weight excluding hydrogens is 230 g/mol. The molecular formula is C14H29NO3. The molecule has 1 aliphatic rings. The van der Waals surface area contributed by atoms with Crippen LogP contribution in [0.1, 0.15) is 41.5 Å². The van der Waals surface area contributed by atoms with Crippen LogP contribution in [-0.2, 0) is 4.74 Å². The Balaban J connectivity index is 2.72. The third-order valence-corrected chi connectivity index (χ3v) is 3.68. The fourth-order valence-corrected chi connectivity index (χ4v) is 3.06. The molecule has 0 aromatic carbocycles. The van der Waals surface area contributed by atoms with Crippen LogP contribution in [0, 0.1) is 5.92 Å². The summed E-state index contributed by atoms with van der Waals surface area (Å²) in [6.45, 7) is 12.8. The Bertz CT molecular complexity index is 294. The van der Waals surface area contributed by atoms with Crippen molar-refractivity contribution in [3.8, 4) is 0 Å². The summed E-state index contributed by atoms with van der Waals surface area (Å²) in [4.78, 5) is 2.06. The van der Waals surface area contributed by atoms with E-state index in [1.807, 2.05) is 34.7 Å². The average Bonchev–Trinajstić information content (AvgIpc) is 2.20. The Morgan fingerprint density at radius 2 is 1.67 bits per heavy atom. The third kappa shape index (κ3) is 3.67. The van der Waals surface area contributed by atoms with Gasteiger partial charge in [-0.3, -0.25) is 0 Å². The van der Waals surface area contributed by atoms with E-state index >= 15 is 0 Å². The first-order valence-corrected chi connectivity index (χ1v) is 6.64. The van der Waals surface area contributed by atoms with E-state index in [4.69, 9.17) is 4.74 Å². The highest BCUT2D eigenvalue weighted by Crippen LogP contribution is 2.42. The van der Waals surface area contributed by atoms with E-state index in [0.717, 1.165) is 0 Å². The first-order valence-electron chi connectivity index (χ1n) is 6.64. The van der Waals surface area contributed by atoms with Crippen molar-refractivity contribution in [1.82, 2.24) is 4.90 Å². The Labute approximate surface area is 111 Å². The topological polar surface area (TPSA) is 52.9 Å². The van der Waals surface area contributed by atoms with Crippen LogP contribution in [0.25, 0.3) is 0 Å². The number of rotatable bonds is 4. The van der Waals surface area contributed by atoms with E-state index in [2.05, 4.69) is 4.90 Å². The first-order chi connectivity index (χ1) is 7.85. The maximum absolute atomic E-state index is 10.4. The van der Waals surface area contributed by atoms with Crippen LogP contribution in [-0.4, -0.2) is 58.2 Å². The largest absolute Gasteiger partial charge is 0.390 e. The SMILES string of the molecule is CN(CC1C(O)C(C)(C)OC1(C)C)CC(C)(C)O. The second kappa shape index (κ2) is 4.75. The molecule has 2 N–H and O–H groups in total. The van der Waals surface area contributed by atoms with E-state index in [9.17, 15) is 10.2 Å². The van der Waals surface area contributed by atoms with Crippen LogP contribution in [0.15, 0.2) is 0 Å². The molecule has 2 unspecified atom stereocenters. The molecule has 2 atom stereocenters. The summed E-state index contributed by atoms with van der Waals surface area (Å²) >= 11 is 0. The van der Waals surface area contributed by atoms with Crippen molar-refractivity contribution in [3.05, 3.63) is 0 Å². The number of hydrogen-bond donors (Lipinski definition) is 2. The highest BCUT2D eigenvalue weighted by atomic mass is 16.5. The number of nitrogens with zero attached hydrogens (tertiary/aromatic N) is 1. The van der Waals surface area contributed by atoms with E-state index in [0.29, 0.717) is 13.1 Å². The Hall–Kier alpha value is -0.160. The van der Waals surface area contributed by atoms with Gasteiger partial charge >= 0.3 is 0 Å². The molecule has 1 aliphatic heterocycles. The molecule has 0 aliphatic carbocycles. The van der Waals surface area contributed by atoms with Crippen molar-refractivity contribution in [3.63, 3.8) is 0 Å². The molecule has 1 fully saturated rings. The normalized spacial score (nSPS) is 31.0. The van der Waals surface area contributed by atoms with Crippen molar-refractivity contribution >= 4 is 0 Å². The second-order valence-corrected chi connectivity index (χ2v) is 7.37. The van der Waals surface area contributed by atoms with Crippen LogP contribution in [0.4, 0.5) is 0 Å². The van der Waals surface area contributed by atoms with E-state index in [1.165, 1.54) is 0 Å². The molecule has 0 saturated carbocycles. The number of hydrogen-bond acceptors (Lipinski definition) is 4. The summed E-state index contributed by atoms with van der Waals surface area (Å²) in [6, 6.07) is 0. The molecule has 0 spiro atoms. The van der Waals surface area contributed by atoms with E-state index in [-0.39, 0.29) is 11.5 Å². The van der Waals surface area contributed by atoms with Crippen molar-refractivity contribution in [2.75, 3.05) is 20.1 Å². The summed E-state index contributed by atoms with van der Waals surface area (Å²) in [5, 5.41) is 20.2. The smallest absolute Gasteiger partial charge is 0.0896 e. The Kier molecular flexibility index (Phi) is 4.19. The maximum atomic E-state index is 10.4. The van der Waals surface area contributed by atoms with Gasteiger partial charge in [0.1, 0.15) is 0 Å². The molecule has 1 saturated heterocycles. The molecule has 108 valence electrons. The minimum atomic E-state index is -0.723. The fraction of sp³-hybridized carbons (Fsp3) is 1.00. The summed E-state index contributed by atoms with van der Waals surface area (Å²) < 4.78 is 5.95. The number of likely N-dealkylation sites (N-methyl/N-ethyl adjacent to an activating group) is 1. The minimum absolute atomic E-state index is 0.0415. The molecule has 1 heterocycles. The van der Waals surface area contributed by atoms with Gasteiger partial charge in [0.2, 0.25) is 0 Å². The standard InChI is InChI=1S/C14H29NO3/c1-12(2,17)9-15(7)8-10-11(16)14(5,6)18-13(10,3)4/h10-11,16-17H,8-9H2,1-7H3. The zero-order valence-electron chi connectivity index (χ0n) is 12.8. The fourth-order valence-electron chi connectivity index (χ4n) is 3.06. The van der Waals surface area contributed by atoms with Gasteiger partial charge in [-0.15, -0.1) is 0 Å². The molecule has 4 heteroatoms. The predicted molar refractivity (Wildman–Crippen MR) is 72.5 cm³/mol. The maximum Gasteiger partial charge on any atom is 0.0896 e. The van der Waals surface area contributed by atoms with Gasteiger partial charge < -0.3 is 19.8 Å². The highest BCUT2D eigenvalue weighted by molar-refractivity contribution is 5.02. The van der Waals surface area contributed by atoms with Gasteiger partial charge in [0.15, 0.2) is 0 Å². The Morgan fingerprint density at radius 3 is 2.00 bits per heavy atom. The average molecular weight is 259 g/mol. The molecule has 4 nitrogen and oxygen atoms in total. The van der Waals surface area contributed by atoms with Gasteiger partial charge in [-0.1, -0.05) is 0 Å². The summed E-state index contributed by atoms with van der Waals surface area (Å²) in [5.74, 6) is 0.0415. The zero-order chi connectivity index (χ0) is 14.4. The van der Waals surface area contributed by atoms with Gasteiger partial charge in [0.25, 0.3) is 0 Å². The number of aliphatic hydroxyl groups excluding tert-OH is 1. The number of aliphatic hydroxyl groups is 2. The lowest BCUT2D eigenvalue weighted by Gasteiger charge is -2.33. The number of ether oxygens (including phenoxy) is 1. The van der Waals surface area contributed by atoms with Crippen LogP contribution < -0.4 is 0 Å². The quantitative estimate of drug-likeness (QED) is 0.798. The van der Waals surface area contributed by atoms with E-state index in [1.54, 1.807) is 13.8 Å². The minimum Gasteiger partial charge on any atom is -0.390 e. The molecule has 0 bridgehead atoms. The molecule has 0 aromatic heterocycles. The molecule has 0 radical (unpaired) electrons. The molecule has 1 rings (SSSR count). The summed E-state index contributed by atoms with van der Waals surface area (Å²) in [6.07, 6.45) is -0.489.